The number of hydrogen-bond acceptors (Lipinski definition) is 3. The maximum absolute atomic E-state index is 10.7. The number of carboxylic acid groups (broad SMARTS) is 1. The van der Waals surface area contributed by atoms with Crippen LogP contribution in [0.2, 0.25) is 18.1 Å². The first kappa shape index (κ1) is 23.6. The number of carbonyl (C=O) groups is 1. The Bertz CT molecular complexity index is 604. The van der Waals surface area contributed by atoms with Crippen LogP contribution in [-0.2, 0) is 9.22 Å². The molecule has 0 amide bonds. The first-order chi connectivity index (χ1) is 12.4. The Labute approximate surface area is 165 Å². The van der Waals surface area contributed by atoms with Crippen LogP contribution in [0, 0.1) is 0 Å². The minimum absolute atomic E-state index is 0.0620. The summed E-state index contributed by atoms with van der Waals surface area (Å²) in [6, 6.07) is 9.61. The van der Waals surface area contributed by atoms with E-state index in [0.29, 0.717) is 19.3 Å². The molecule has 0 aliphatic rings. The third-order valence-corrected chi connectivity index (χ3v) is 9.94. The summed E-state index contributed by atoms with van der Waals surface area (Å²) >= 11 is 0. The number of rotatable bonds is 11. The number of unbranched alkanes of at least 4 members (excludes halogenated alkanes) is 1. The summed E-state index contributed by atoms with van der Waals surface area (Å²) in [5.74, 6) is -0.769. The fourth-order valence-corrected chi connectivity index (χ4v) is 3.96. The maximum Gasteiger partial charge on any atom is 0.303 e. The Morgan fingerprint density at radius 2 is 1.70 bits per heavy atom. The van der Waals surface area contributed by atoms with Crippen molar-refractivity contribution in [3.05, 3.63) is 48.0 Å². The topological polar surface area (TPSA) is 66.8 Å². The molecule has 152 valence electrons. The Kier molecular flexibility index (Phi) is 8.92. The van der Waals surface area contributed by atoms with Crippen LogP contribution >= 0.6 is 0 Å². The molecule has 0 aliphatic heterocycles. The highest BCUT2D eigenvalue weighted by molar-refractivity contribution is 6.74. The Balaban J connectivity index is 2.85. The van der Waals surface area contributed by atoms with Crippen molar-refractivity contribution in [3.8, 4) is 0 Å². The van der Waals surface area contributed by atoms with Crippen molar-refractivity contribution in [2.24, 2.45) is 0 Å². The van der Waals surface area contributed by atoms with Crippen LogP contribution in [0.15, 0.2) is 42.5 Å². The zero-order valence-electron chi connectivity index (χ0n) is 17.5. The van der Waals surface area contributed by atoms with Crippen molar-refractivity contribution in [2.75, 3.05) is 0 Å². The lowest BCUT2D eigenvalue weighted by Crippen LogP contribution is -2.44. The second-order valence-electron chi connectivity index (χ2n) is 8.79. The Morgan fingerprint density at radius 3 is 2.22 bits per heavy atom. The van der Waals surface area contributed by atoms with E-state index in [0.717, 1.165) is 17.6 Å². The molecule has 0 unspecified atom stereocenters. The Hall–Kier alpha value is -1.43. The van der Waals surface area contributed by atoms with E-state index < -0.39 is 20.4 Å². The van der Waals surface area contributed by atoms with Crippen molar-refractivity contribution in [1.82, 2.24) is 0 Å². The molecule has 2 N–H and O–H groups in total. The van der Waals surface area contributed by atoms with Gasteiger partial charge in [-0.1, -0.05) is 57.7 Å². The molecule has 0 aliphatic carbocycles. The molecule has 1 aromatic carbocycles. The van der Waals surface area contributed by atoms with Gasteiger partial charge in [-0.3, -0.25) is 4.79 Å². The summed E-state index contributed by atoms with van der Waals surface area (Å²) in [6.07, 6.45) is 1.91. The van der Waals surface area contributed by atoms with E-state index in [9.17, 15) is 9.90 Å². The highest BCUT2D eigenvalue weighted by Crippen LogP contribution is 2.39. The lowest BCUT2D eigenvalue weighted by Gasteiger charge is -2.40. The van der Waals surface area contributed by atoms with Crippen LogP contribution in [-0.4, -0.2) is 30.6 Å². The van der Waals surface area contributed by atoms with Gasteiger partial charge in [-0.25, -0.2) is 0 Å². The second-order valence-corrected chi connectivity index (χ2v) is 13.5. The summed E-state index contributed by atoms with van der Waals surface area (Å²) in [6.45, 7) is 15.2. The van der Waals surface area contributed by atoms with Crippen molar-refractivity contribution < 1.29 is 19.4 Å². The third-order valence-electron chi connectivity index (χ3n) is 5.46. The molecule has 27 heavy (non-hydrogen) atoms. The van der Waals surface area contributed by atoms with Crippen LogP contribution in [0.1, 0.15) is 64.5 Å². The molecule has 0 radical (unpaired) electrons. The van der Waals surface area contributed by atoms with Gasteiger partial charge in [0.25, 0.3) is 0 Å². The molecule has 0 bridgehead atoms. The van der Waals surface area contributed by atoms with Gasteiger partial charge in [0, 0.05) is 12.8 Å². The van der Waals surface area contributed by atoms with E-state index in [2.05, 4.69) is 40.4 Å². The van der Waals surface area contributed by atoms with Crippen molar-refractivity contribution >= 4 is 14.3 Å². The lowest BCUT2D eigenvalue weighted by atomic mass is 9.96. The van der Waals surface area contributed by atoms with Gasteiger partial charge in [0.05, 0.1) is 12.2 Å². The average molecular weight is 393 g/mol. The molecule has 5 heteroatoms. The molecule has 0 heterocycles. The smallest absolute Gasteiger partial charge is 0.303 e. The van der Waals surface area contributed by atoms with E-state index in [1.54, 1.807) is 0 Å². The molecular weight excluding hydrogens is 356 g/mol. The standard InChI is InChI=1S/C22H36O4Si/c1-17(12-10-11-15-21(24)25)20(26-27(5,6)22(2,3)4)16-19(23)18-13-8-7-9-14-18/h7-9,13-14,19-20,23H,1,10-12,15-16H2,2-6H3,(H,24,25)/t19-,20-/m1/s1. The fraction of sp³-hybridized carbons (Fsp3) is 0.591. The molecule has 4 nitrogen and oxygen atoms in total. The SMILES string of the molecule is C=C(CCCCC(=O)O)[C@@H](C[C@@H](O)c1ccccc1)O[Si](C)(C)C(C)(C)C. The van der Waals surface area contributed by atoms with E-state index >= 15 is 0 Å². The third kappa shape index (κ3) is 7.99. The lowest BCUT2D eigenvalue weighted by molar-refractivity contribution is -0.137. The van der Waals surface area contributed by atoms with E-state index in [-0.39, 0.29) is 17.6 Å². The first-order valence-electron chi connectivity index (χ1n) is 9.74. The average Bonchev–Trinajstić information content (AvgIpc) is 2.57. The zero-order chi connectivity index (χ0) is 20.7. The quantitative estimate of drug-likeness (QED) is 0.288. The van der Waals surface area contributed by atoms with Crippen molar-refractivity contribution in [2.45, 2.75) is 83.2 Å². The first-order valence-corrected chi connectivity index (χ1v) is 12.6. The van der Waals surface area contributed by atoms with Gasteiger partial charge in [0.1, 0.15) is 0 Å². The predicted molar refractivity (Wildman–Crippen MR) is 113 cm³/mol. The predicted octanol–water partition coefficient (Wildman–Crippen LogP) is 5.70. The normalized spacial score (nSPS) is 14.6. The van der Waals surface area contributed by atoms with Gasteiger partial charge in [-0.2, -0.15) is 0 Å². The molecule has 0 saturated carbocycles. The maximum atomic E-state index is 10.7. The van der Waals surface area contributed by atoms with Gasteiger partial charge in [-0.15, -0.1) is 0 Å². The van der Waals surface area contributed by atoms with Gasteiger partial charge in [0.2, 0.25) is 0 Å². The monoisotopic (exact) mass is 392 g/mol. The number of aliphatic hydroxyl groups is 1. The van der Waals surface area contributed by atoms with Crippen LogP contribution in [0.5, 0.6) is 0 Å². The van der Waals surface area contributed by atoms with Crippen LogP contribution in [0.3, 0.4) is 0 Å². The van der Waals surface area contributed by atoms with Gasteiger partial charge < -0.3 is 14.6 Å². The van der Waals surface area contributed by atoms with Gasteiger partial charge >= 0.3 is 5.97 Å². The molecule has 0 fully saturated rings. The molecule has 1 rings (SSSR count). The van der Waals surface area contributed by atoms with E-state index in [1.807, 2.05) is 30.3 Å². The fourth-order valence-electron chi connectivity index (χ4n) is 2.63. The minimum atomic E-state index is -2.03. The second kappa shape index (κ2) is 10.2. The molecule has 2 atom stereocenters. The van der Waals surface area contributed by atoms with E-state index in [1.165, 1.54) is 0 Å². The summed E-state index contributed by atoms with van der Waals surface area (Å²) < 4.78 is 6.60. The Morgan fingerprint density at radius 1 is 1.15 bits per heavy atom. The summed E-state index contributed by atoms with van der Waals surface area (Å²) in [4.78, 5) is 10.7. The zero-order valence-corrected chi connectivity index (χ0v) is 18.5. The molecular formula is C22H36O4Si. The molecule has 1 aromatic rings. The van der Waals surface area contributed by atoms with Gasteiger partial charge in [-0.05, 0) is 48.5 Å². The summed E-state index contributed by atoms with van der Waals surface area (Å²) in [7, 11) is -2.03. The highest BCUT2D eigenvalue weighted by atomic mass is 28.4. The van der Waals surface area contributed by atoms with E-state index in [4.69, 9.17) is 9.53 Å². The molecule has 0 aromatic heterocycles. The van der Waals surface area contributed by atoms with Crippen LogP contribution in [0.4, 0.5) is 0 Å². The van der Waals surface area contributed by atoms with Crippen molar-refractivity contribution in [1.29, 1.82) is 0 Å². The van der Waals surface area contributed by atoms with Crippen LogP contribution < -0.4 is 0 Å². The minimum Gasteiger partial charge on any atom is -0.481 e. The van der Waals surface area contributed by atoms with Crippen LogP contribution in [0.25, 0.3) is 0 Å². The van der Waals surface area contributed by atoms with Gasteiger partial charge in [0.15, 0.2) is 8.32 Å². The largest absolute Gasteiger partial charge is 0.481 e. The summed E-state index contributed by atoms with van der Waals surface area (Å²) in [5.41, 5.74) is 1.82. The number of aliphatic carboxylic acids is 1. The highest BCUT2D eigenvalue weighted by Gasteiger charge is 2.40. The molecule has 0 spiro atoms. The number of benzene rings is 1. The number of carboxylic acids is 1. The van der Waals surface area contributed by atoms with Crippen molar-refractivity contribution in [3.63, 3.8) is 0 Å². The molecule has 0 saturated heterocycles. The summed E-state index contributed by atoms with van der Waals surface area (Å²) in [5, 5.41) is 19.6. The number of aliphatic hydroxyl groups excluding tert-OH is 1. The number of hydrogen-bond donors (Lipinski definition) is 2.